The van der Waals surface area contributed by atoms with Gasteiger partial charge in [-0.15, -0.1) is 0 Å². The number of fused-ring (bicyclic) bond motifs is 1. The molecule has 0 atom stereocenters. The fraction of sp³-hybridized carbons (Fsp3) is 0.500. The van der Waals surface area contributed by atoms with Crippen molar-refractivity contribution in [3.8, 4) is 0 Å². The van der Waals surface area contributed by atoms with Crippen molar-refractivity contribution >= 4 is 27.9 Å². The van der Waals surface area contributed by atoms with Gasteiger partial charge in [-0.05, 0) is 24.5 Å². The van der Waals surface area contributed by atoms with Gasteiger partial charge in [0.25, 0.3) is 0 Å². The summed E-state index contributed by atoms with van der Waals surface area (Å²) in [6, 6.07) is 5.43. The highest BCUT2D eigenvalue weighted by molar-refractivity contribution is 7.17. The number of carbonyl (C=O) groups excluding carboxylic acids is 1. The topological polar surface area (TPSA) is 33.2 Å². The van der Waals surface area contributed by atoms with Crippen LogP contribution < -0.4 is 9.72 Å². The van der Waals surface area contributed by atoms with Crippen LogP contribution >= 0.6 is 11.3 Å². The van der Waals surface area contributed by atoms with Crippen LogP contribution in [0, 0.1) is 5.92 Å². The zero-order valence-electron chi connectivity index (χ0n) is 12.5. The molecule has 2 heterocycles. The molecule has 7 heteroatoms. The van der Waals surface area contributed by atoms with E-state index in [0.717, 1.165) is 29.0 Å². The Morgan fingerprint density at radius 2 is 2.00 bits per heavy atom. The van der Waals surface area contributed by atoms with Crippen LogP contribution in [0.2, 0.25) is 0 Å². The first kappa shape index (κ1) is 16.2. The molecule has 0 radical (unpaired) electrons. The van der Waals surface area contributed by atoms with E-state index in [-0.39, 0.29) is 5.82 Å². The van der Waals surface area contributed by atoms with Gasteiger partial charge in [0, 0.05) is 0 Å². The van der Waals surface area contributed by atoms with E-state index in [2.05, 4.69) is 5.32 Å². The second-order valence-corrected chi connectivity index (χ2v) is 7.06. The van der Waals surface area contributed by atoms with Crippen LogP contribution in [-0.4, -0.2) is 12.1 Å². The highest BCUT2D eigenvalue weighted by Gasteiger charge is 2.44. The molecule has 2 aromatic heterocycles. The Kier molecular flexibility index (Phi) is 4.57. The number of halogens is 3. The summed E-state index contributed by atoms with van der Waals surface area (Å²) in [4.78, 5) is 13.0. The number of nitrogens with one attached hydrogen (secondary N) is 1. The highest BCUT2D eigenvalue weighted by atomic mass is 32.1. The average molecular weight is 343 g/mol. The minimum Gasteiger partial charge on any atom is -0.236 e. The molecular formula is C16H18F3N2OS+. The third kappa shape index (κ3) is 3.65. The summed E-state index contributed by atoms with van der Waals surface area (Å²) in [5.41, 5.74) is 0. The molecule has 3 nitrogen and oxygen atoms in total. The second-order valence-electron chi connectivity index (χ2n) is 5.94. The van der Waals surface area contributed by atoms with Gasteiger partial charge in [0.15, 0.2) is 4.83 Å². The molecule has 23 heavy (non-hydrogen) atoms. The van der Waals surface area contributed by atoms with E-state index in [4.69, 9.17) is 0 Å². The van der Waals surface area contributed by atoms with Crippen molar-refractivity contribution < 1.29 is 22.4 Å². The number of rotatable bonds is 3. The predicted molar refractivity (Wildman–Crippen MR) is 82.4 cm³/mol. The number of anilines is 1. The third-order valence-electron chi connectivity index (χ3n) is 4.24. The number of carbonyl (C=O) groups is 1. The summed E-state index contributed by atoms with van der Waals surface area (Å²) in [5.74, 6) is -1.17. The number of nitrogens with zero attached hydrogens (tertiary/aromatic N) is 1. The van der Waals surface area contributed by atoms with E-state index < -0.39 is 12.1 Å². The van der Waals surface area contributed by atoms with Gasteiger partial charge in [-0.1, -0.05) is 49.5 Å². The highest BCUT2D eigenvalue weighted by Crippen LogP contribution is 2.32. The summed E-state index contributed by atoms with van der Waals surface area (Å²) in [6.07, 6.45) is 3.31. The van der Waals surface area contributed by atoms with E-state index in [9.17, 15) is 18.0 Å². The summed E-state index contributed by atoms with van der Waals surface area (Å²) >= 11 is 1.45. The largest absolute Gasteiger partial charge is 0.495 e. The number of hydrogen-bond donors (Lipinski definition) is 1. The Balaban J connectivity index is 1.92. The summed E-state index contributed by atoms with van der Waals surface area (Å²) < 4.78 is 39.5. The average Bonchev–Trinajstić information content (AvgIpc) is 2.85. The first-order valence-electron chi connectivity index (χ1n) is 7.75. The zero-order valence-corrected chi connectivity index (χ0v) is 13.3. The van der Waals surface area contributed by atoms with Crippen LogP contribution in [0.1, 0.15) is 37.0 Å². The molecule has 1 aliphatic carbocycles. The van der Waals surface area contributed by atoms with Crippen molar-refractivity contribution in [3.05, 3.63) is 29.3 Å². The van der Waals surface area contributed by atoms with Gasteiger partial charge in [-0.3, -0.25) is 0 Å². The summed E-state index contributed by atoms with van der Waals surface area (Å²) in [7, 11) is 0. The maximum atomic E-state index is 12.6. The summed E-state index contributed by atoms with van der Waals surface area (Å²) in [6.45, 7) is 0. The minimum absolute atomic E-state index is 0.262. The molecule has 0 aliphatic heterocycles. The number of alkyl halides is 3. The fourth-order valence-electron chi connectivity index (χ4n) is 3.10. The molecular weight excluding hydrogens is 325 g/mol. The molecule has 3 rings (SSSR count). The molecule has 0 bridgehead atoms. The van der Waals surface area contributed by atoms with Crippen molar-refractivity contribution in [2.45, 2.75) is 44.7 Å². The van der Waals surface area contributed by atoms with Crippen LogP contribution in [0.5, 0.6) is 0 Å². The minimum atomic E-state index is -4.88. The van der Waals surface area contributed by atoms with Crippen LogP contribution in [0.4, 0.5) is 19.0 Å². The Labute approximate surface area is 136 Å². The predicted octanol–water partition coefficient (Wildman–Crippen LogP) is 4.11. The number of pyridine rings is 1. The molecule has 1 amide bonds. The van der Waals surface area contributed by atoms with Crippen molar-refractivity contribution in [3.63, 3.8) is 0 Å². The van der Waals surface area contributed by atoms with E-state index in [1.54, 1.807) is 16.7 Å². The Bertz CT molecular complexity index is 705. The lowest BCUT2D eigenvalue weighted by Gasteiger charge is -2.20. The fourth-order valence-corrected chi connectivity index (χ4v) is 4.32. The molecule has 124 valence electrons. The van der Waals surface area contributed by atoms with Gasteiger partial charge in [0.1, 0.15) is 0 Å². The van der Waals surface area contributed by atoms with Crippen molar-refractivity contribution in [2.75, 3.05) is 5.32 Å². The van der Waals surface area contributed by atoms with Gasteiger partial charge < -0.3 is 0 Å². The first-order chi connectivity index (χ1) is 10.9. The lowest BCUT2D eigenvalue weighted by atomic mass is 9.86. The van der Waals surface area contributed by atoms with Crippen molar-refractivity contribution in [1.82, 2.24) is 0 Å². The SMILES string of the molecule is O=C(Nc1c(CC2CCCCC2)sc2cccc[n+]12)C(F)(F)F. The standard InChI is InChI=1S/C16H17F3N2OS/c17-16(18,19)15(22)20-14-12(10-11-6-2-1-3-7-11)23-13-8-4-5-9-21(13)14/h4-5,8-9,11H,1-3,6-7,10H2/p+1. The maximum Gasteiger partial charge on any atom is 0.495 e. The lowest BCUT2D eigenvalue weighted by Crippen LogP contribution is -2.35. The molecule has 2 aromatic rings. The van der Waals surface area contributed by atoms with Crippen LogP contribution in [0.3, 0.4) is 0 Å². The van der Waals surface area contributed by atoms with E-state index >= 15 is 0 Å². The van der Waals surface area contributed by atoms with Crippen molar-refractivity contribution in [1.29, 1.82) is 0 Å². The zero-order chi connectivity index (χ0) is 16.4. The van der Waals surface area contributed by atoms with Crippen LogP contribution in [-0.2, 0) is 11.2 Å². The van der Waals surface area contributed by atoms with Crippen molar-refractivity contribution in [2.24, 2.45) is 5.92 Å². The summed E-state index contributed by atoms with van der Waals surface area (Å²) in [5, 5.41) is 2.07. The number of aromatic nitrogens is 1. The normalized spacial score (nSPS) is 16.7. The molecule has 1 aliphatic rings. The van der Waals surface area contributed by atoms with E-state index in [1.165, 1.54) is 30.6 Å². The molecule has 0 aromatic carbocycles. The smallest absolute Gasteiger partial charge is 0.236 e. The van der Waals surface area contributed by atoms with Crippen LogP contribution in [0.15, 0.2) is 24.4 Å². The molecule has 1 fully saturated rings. The number of hydrogen-bond acceptors (Lipinski definition) is 2. The lowest BCUT2D eigenvalue weighted by molar-refractivity contribution is -0.491. The second kappa shape index (κ2) is 6.47. The van der Waals surface area contributed by atoms with Gasteiger partial charge in [0.2, 0.25) is 0 Å². The molecule has 0 unspecified atom stereocenters. The Morgan fingerprint density at radius 3 is 2.70 bits per heavy atom. The monoisotopic (exact) mass is 343 g/mol. The number of thiazole rings is 1. The Hall–Kier alpha value is -1.63. The molecule has 0 spiro atoms. The maximum absolute atomic E-state index is 12.6. The Morgan fingerprint density at radius 1 is 1.26 bits per heavy atom. The van der Waals surface area contributed by atoms with Gasteiger partial charge in [-0.25, -0.2) is 10.1 Å². The molecule has 1 N–H and O–H groups in total. The van der Waals surface area contributed by atoms with E-state index in [0.29, 0.717) is 5.92 Å². The first-order valence-corrected chi connectivity index (χ1v) is 8.57. The third-order valence-corrected chi connectivity index (χ3v) is 5.39. The molecule has 1 saturated carbocycles. The number of amides is 1. The quantitative estimate of drug-likeness (QED) is 0.836. The van der Waals surface area contributed by atoms with Gasteiger partial charge >= 0.3 is 17.9 Å². The van der Waals surface area contributed by atoms with Gasteiger partial charge in [0.05, 0.1) is 11.1 Å². The van der Waals surface area contributed by atoms with Gasteiger partial charge in [-0.2, -0.15) is 17.6 Å². The molecule has 0 saturated heterocycles. The van der Waals surface area contributed by atoms with E-state index in [1.807, 2.05) is 12.1 Å². The van der Waals surface area contributed by atoms with Crippen LogP contribution in [0.25, 0.3) is 4.83 Å².